The van der Waals surface area contributed by atoms with Crippen molar-refractivity contribution in [2.75, 3.05) is 13.9 Å². The Morgan fingerprint density at radius 3 is 2.65 bits per heavy atom. The van der Waals surface area contributed by atoms with E-state index in [4.69, 9.17) is 18.9 Å². The van der Waals surface area contributed by atoms with Crippen LogP contribution >= 0.6 is 50.3 Å². The van der Waals surface area contributed by atoms with Crippen LogP contribution in [0.4, 0.5) is 5.69 Å². The lowest BCUT2D eigenvalue weighted by Crippen LogP contribution is -2.19. The van der Waals surface area contributed by atoms with Crippen molar-refractivity contribution in [3.63, 3.8) is 0 Å². The number of aliphatic imine (C=N–C) groups is 1. The molecule has 0 atom stereocenters. The van der Waals surface area contributed by atoms with E-state index >= 15 is 0 Å². The summed E-state index contributed by atoms with van der Waals surface area (Å²) in [5, 5.41) is 3.40. The van der Waals surface area contributed by atoms with Gasteiger partial charge in [0.1, 0.15) is 6.61 Å². The Labute approximate surface area is 240 Å². The summed E-state index contributed by atoms with van der Waals surface area (Å²) in [4.78, 5) is 17.8. The van der Waals surface area contributed by atoms with Gasteiger partial charge in [-0.15, -0.1) is 0 Å². The van der Waals surface area contributed by atoms with Gasteiger partial charge in [0.25, 0.3) is 5.91 Å². The number of carbonyl (C=O) groups excluding carboxylic acids is 1. The molecule has 0 saturated carbocycles. The number of ether oxygens (including phenoxy) is 4. The first-order chi connectivity index (χ1) is 17.8. The SMILES string of the molecule is COc1cc(/C=C2\SC(=Nc3cc(C)c(Br)c(C)c3)NC2=O)cc(I)c1OCc1ccc2c(c1)OCO2. The van der Waals surface area contributed by atoms with Crippen molar-refractivity contribution >= 4 is 73.1 Å². The molecule has 7 nitrogen and oxygen atoms in total. The summed E-state index contributed by atoms with van der Waals surface area (Å²) < 4.78 is 24.5. The van der Waals surface area contributed by atoms with Gasteiger partial charge < -0.3 is 24.3 Å². The van der Waals surface area contributed by atoms with E-state index < -0.39 is 0 Å². The molecule has 190 valence electrons. The highest BCUT2D eigenvalue weighted by Crippen LogP contribution is 2.38. The van der Waals surface area contributed by atoms with Crippen LogP contribution in [0.15, 0.2) is 56.8 Å². The molecule has 0 aliphatic carbocycles. The largest absolute Gasteiger partial charge is 0.493 e. The molecule has 10 heteroatoms. The molecule has 37 heavy (non-hydrogen) atoms. The van der Waals surface area contributed by atoms with Gasteiger partial charge in [0.15, 0.2) is 28.2 Å². The lowest BCUT2D eigenvalue weighted by molar-refractivity contribution is -0.115. The highest BCUT2D eigenvalue weighted by molar-refractivity contribution is 14.1. The predicted molar refractivity (Wildman–Crippen MR) is 157 cm³/mol. The number of methoxy groups -OCH3 is 1. The smallest absolute Gasteiger partial charge is 0.264 e. The summed E-state index contributed by atoms with van der Waals surface area (Å²) in [6, 6.07) is 13.5. The van der Waals surface area contributed by atoms with Crippen LogP contribution < -0.4 is 24.3 Å². The second kappa shape index (κ2) is 11.0. The second-order valence-electron chi connectivity index (χ2n) is 8.39. The number of amides is 1. The number of aryl methyl sites for hydroxylation is 2. The van der Waals surface area contributed by atoms with Crippen molar-refractivity contribution in [2.45, 2.75) is 20.5 Å². The molecule has 0 bridgehead atoms. The minimum Gasteiger partial charge on any atom is -0.493 e. The molecular weight excluding hydrogens is 671 g/mol. The summed E-state index contributed by atoms with van der Waals surface area (Å²) in [7, 11) is 1.60. The molecule has 3 aromatic rings. The number of hydrogen-bond acceptors (Lipinski definition) is 7. The average molecular weight is 693 g/mol. The second-order valence-corrected chi connectivity index (χ2v) is 11.4. The molecule has 2 heterocycles. The number of benzene rings is 3. The minimum atomic E-state index is -0.189. The van der Waals surface area contributed by atoms with E-state index in [9.17, 15) is 4.79 Å². The third-order valence-electron chi connectivity index (χ3n) is 5.67. The zero-order chi connectivity index (χ0) is 26.1. The molecule has 0 spiro atoms. The molecule has 2 aliphatic heterocycles. The molecule has 1 amide bonds. The quantitative estimate of drug-likeness (QED) is 0.224. The Bertz CT molecular complexity index is 1450. The topological polar surface area (TPSA) is 78.4 Å². The Balaban J connectivity index is 1.34. The van der Waals surface area contributed by atoms with Crippen LogP contribution in [0, 0.1) is 17.4 Å². The van der Waals surface area contributed by atoms with Gasteiger partial charge in [-0.1, -0.05) is 22.0 Å². The first-order valence-corrected chi connectivity index (χ1v) is 13.9. The normalized spacial score (nSPS) is 16.4. The summed E-state index contributed by atoms with van der Waals surface area (Å²) in [6.45, 7) is 4.61. The summed E-state index contributed by atoms with van der Waals surface area (Å²) in [6.07, 6.45) is 1.83. The van der Waals surface area contributed by atoms with Gasteiger partial charge in [0.05, 0.1) is 21.3 Å². The van der Waals surface area contributed by atoms with Gasteiger partial charge in [-0.05, 0) is 113 Å². The van der Waals surface area contributed by atoms with E-state index in [0.29, 0.717) is 33.9 Å². The third-order valence-corrected chi connectivity index (χ3v) is 8.63. The minimum absolute atomic E-state index is 0.189. The monoisotopic (exact) mass is 692 g/mol. The van der Waals surface area contributed by atoms with Gasteiger partial charge in [-0.3, -0.25) is 4.79 Å². The lowest BCUT2D eigenvalue weighted by Gasteiger charge is -2.14. The number of amidine groups is 1. The number of halogens is 2. The number of fused-ring (bicyclic) bond motifs is 1. The van der Waals surface area contributed by atoms with Crippen LogP contribution in [-0.2, 0) is 11.4 Å². The van der Waals surface area contributed by atoms with Crippen LogP contribution in [-0.4, -0.2) is 25.0 Å². The van der Waals surface area contributed by atoms with Gasteiger partial charge in [0.2, 0.25) is 6.79 Å². The first-order valence-electron chi connectivity index (χ1n) is 11.3. The lowest BCUT2D eigenvalue weighted by atomic mass is 10.1. The van der Waals surface area contributed by atoms with E-state index in [1.54, 1.807) is 7.11 Å². The van der Waals surface area contributed by atoms with E-state index in [2.05, 4.69) is 48.8 Å². The van der Waals surface area contributed by atoms with Crippen LogP contribution in [0.5, 0.6) is 23.0 Å². The molecular formula is C27H22BrIN2O5S. The highest BCUT2D eigenvalue weighted by atomic mass is 127. The van der Waals surface area contributed by atoms with Crippen molar-refractivity contribution in [3.8, 4) is 23.0 Å². The third kappa shape index (κ3) is 5.75. The predicted octanol–water partition coefficient (Wildman–Crippen LogP) is 6.88. The van der Waals surface area contributed by atoms with Crippen LogP contribution in [0.2, 0.25) is 0 Å². The molecule has 0 radical (unpaired) electrons. The zero-order valence-corrected chi connectivity index (χ0v) is 24.7. The maximum absolute atomic E-state index is 12.6. The molecule has 1 saturated heterocycles. The molecule has 3 aromatic carbocycles. The molecule has 0 aromatic heterocycles. The Hall–Kier alpha value is -2.70. The number of rotatable bonds is 6. The Morgan fingerprint density at radius 1 is 1.14 bits per heavy atom. The fraction of sp³-hybridized carbons (Fsp3) is 0.185. The number of thioether (sulfide) groups is 1. The van der Waals surface area contributed by atoms with Crippen molar-refractivity contribution < 1.29 is 23.7 Å². The van der Waals surface area contributed by atoms with Crippen molar-refractivity contribution in [1.82, 2.24) is 5.32 Å². The van der Waals surface area contributed by atoms with Crippen LogP contribution in [0.1, 0.15) is 22.3 Å². The molecule has 0 unspecified atom stereocenters. The van der Waals surface area contributed by atoms with E-state index in [1.807, 2.05) is 62.4 Å². The standard InChI is InChI=1S/C27H22BrIN2O5S/c1-14-6-18(7-15(2)24(14)28)30-27-31-26(32)23(37-27)11-17-8-19(29)25(22(10-17)33-3)34-12-16-4-5-20-21(9-16)36-13-35-20/h4-11H,12-13H2,1-3H3,(H,30,31,32)/b23-11-. The summed E-state index contributed by atoms with van der Waals surface area (Å²) >= 11 is 7.10. The van der Waals surface area contributed by atoms with E-state index in [1.165, 1.54) is 11.8 Å². The molecule has 1 fully saturated rings. The molecule has 2 aliphatic rings. The average Bonchev–Trinajstić information content (AvgIpc) is 3.47. The fourth-order valence-corrected chi connectivity index (χ4v) is 5.74. The van der Waals surface area contributed by atoms with Crippen molar-refractivity contribution in [3.05, 3.63) is 77.7 Å². The van der Waals surface area contributed by atoms with Crippen LogP contribution in [0.3, 0.4) is 0 Å². The maximum atomic E-state index is 12.6. The van der Waals surface area contributed by atoms with E-state index in [0.717, 1.165) is 41.7 Å². The first kappa shape index (κ1) is 25.9. The van der Waals surface area contributed by atoms with Gasteiger partial charge in [-0.25, -0.2) is 4.99 Å². The highest BCUT2D eigenvalue weighted by Gasteiger charge is 2.24. The van der Waals surface area contributed by atoms with Gasteiger partial charge >= 0.3 is 0 Å². The van der Waals surface area contributed by atoms with Gasteiger partial charge in [-0.2, -0.15) is 0 Å². The molecule has 5 rings (SSSR count). The zero-order valence-electron chi connectivity index (χ0n) is 20.2. The van der Waals surface area contributed by atoms with Crippen LogP contribution in [0.25, 0.3) is 6.08 Å². The number of nitrogens with zero attached hydrogens (tertiary/aromatic N) is 1. The summed E-state index contributed by atoms with van der Waals surface area (Å²) in [5.41, 5.74) is 4.75. The Morgan fingerprint density at radius 2 is 1.89 bits per heavy atom. The van der Waals surface area contributed by atoms with Gasteiger partial charge in [0, 0.05) is 4.47 Å². The number of carbonyl (C=O) groups is 1. The van der Waals surface area contributed by atoms with Crippen molar-refractivity contribution in [2.24, 2.45) is 4.99 Å². The van der Waals surface area contributed by atoms with E-state index in [-0.39, 0.29) is 12.7 Å². The van der Waals surface area contributed by atoms with Crippen molar-refractivity contribution in [1.29, 1.82) is 0 Å². The Kier molecular flexibility index (Phi) is 7.68. The summed E-state index contributed by atoms with van der Waals surface area (Å²) in [5.74, 6) is 2.47. The molecule has 1 N–H and O–H groups in total. The number of hydrogen-bond donors (Lipinski definition) is 1. The number of nitrogens with one attached hydrogen (secondary N) is 1. The maximum Gasteiger partial charge on any atom is 0.264 e. The fourth-order valence-electron chi connectivity index (χ4n) is 3.89.